The maximum absolute atomic E-state index is 12.9. The molecule has 0 atom stereocenters. The maximum Gasteiger partial charge on any atom is 0.272 e. The molecule has 3 aromatic heterocycles. The number of nitrogens with one attached hydrogen (secondary N) is 2. The number of alkyl halides is 2. The van der Waals surface area contributed by atoms with Gasteiger partial charge in [0.2, 0.25) is 5.95 Å². The Balaban J connectivity index is 1.56. The molecule has 1 amide bonds. The summed E-state index contributed by atoms with van der Waals surface area (Å²) < 4.78 is 27.4. The first kappa shape index (κ1) is 17.5. The molecular weight excluding hydrogens is 358 g/mol. The number of H-pyrrole nitrogens is 1. The Morgan fingerprint density at radius 2 is 2.15 bits per heavy atom. The summed E-state index contributed by atoms with van der Waals surface area (Å²) in [6, 6.07) is 1.44. The van der Waals surface area contributed by atoms with E-state index in [4.69, 9.17) is 0 Å². The van der Waals surface area contributed by atoms with Crippen LogP contribution in [0.4, 0.5) is 8.78 Å². The molecule has 0 unspecified atom stereocenters. The van der Waals surface area contributed by atoms with Gasteiger partial charge in [-0.1, -0.05) is 0 Å². The summed E-state index contributed by atoms with van der Waals surface area (Å²) in [6.07, 6.45) is 4.10. The van der Waals surface area contributed by atoms with Crippen molar-refractivity contribution in [3.05, 3.63) is 36.7 Å². The molecule has 0 spiro atoms. The van der Waals surface area contributed by atoms with Crippen LogP contribution < -0.4 is 5.32 Å². The van der Waals surface area contributed by atoms with Crippen LogP contribution in [0.1, 0.15) is 36.2 Å². The lowest BCUT2D eigenvalue weighted by Gasteiger charge is -2.35. The maximum atomic E-state index is 12.9. The number of nitrogens with zero attached hydrogens (tertiary/aromatic N) is 4. The highest BCUT2D eigenvalue weighted by molar-refractivity contribution is 6.03. The SMILES string of the molecule is O=C(NC1CCC(O)(C(F)F)CC1)c1nc(-n2ccnc2)nc2cc[nH]c12. The second kappa shape index (κ2) is 6.69. The summed E-state index contributed by atoms with van der Waals surface area (Å²) in [5.74, 6) is -0.112. The van der Waals surface area contributed by atoms with Crippen molar-refractivity contribution >= 4 is 16.9 Å². The second-order valence-electron chi connectivity index (χ2n) is 6.73. The van der Waals surface area contributed by atoms with Gasteiger partial charge in [-0.25, -0.2) is 23.7 Å². The lowest BCUT2D eigenvalue weighted by Crippen LogP contribution is -2.47. The number of aromatic nitrogens is 5. The average molecular weight is 376 g/mol. The van der Waals surface area contributed by atoms with Crippen LogP contribution in [-0.2, 0) is 0 Å². The molecule has 0 saturated heterocycles. The predicted molar refractivity (Wildman–Crippen MR) is 91.7 cm³/mol. The number of amides is 1. The summed E-state index contributed by atoms with van der Waals surface area (Å²) in [7, 11) is 0. The fraction of sp³-hybridized carbons (Fsp3) is 0.412. The predicted octanol–water partition coefficient (Wildman–Crippen LogP) is 1.81. The van der Waals surface area contributed by atoms with E-state index in [9.17, 15) is 18.7 Å². The van der Waals surface area contributed by atoms with Crippen molar-refractivity contribution < 1.29 is 18.7 Å². The van der Waals surface area contributed by atoms with Crippen LogP contribution in [0.3, 0.4) is 0 Å². The molecule has 142 valence electrons. The van der Waals surface area contributed by atoms with Crippen LogP contribution in [-0.4, -0.2) is 53.6 Å². The van der Waals surface area contributed by atoms with Crippen molar-refractivity contribution in [3.8, 4) is 5.95 Å². The third kappa shape index (κ3) is 3.27. The molecule has 1 aliphatic rings. The normalized spacial score (nSPS) is 23.0. The first-order valence-corrected chi connectivity index (χ1v) is 8.61. The largest absolute Gasteiger partial charge is 0.384 e. The number of rotatable bonds is 4. The van der Waals surface area contributed by atoms with Gasteiger partial charge in [0, 0.05) is 24.6 Å². The fourth-order valence-corrected chi connectivity index (χ4v) is 3.32. The van der Waals surface area contributed by atoms with E-state index >= 15 is 0 Å². The van der Waals surface area contributed by atoms with E-state index in [1.807, 2.05) is 0 Å². The van der Waals surface area contributed by atoms with Gasteiger partial charge >= 0.3 is 0 Å². The van der Waals surface area contributed by atoms with Crippen molar-refractivity contribution in [2.75, 3.05) is 0 Å². The van der Waals surface area contributed by atoms with Crippen LogP contribution in [0.25, 0.3) is 17.0 Å². The quantitative estimate of drug-likeness (QED) is 0.644. The van der Waals surface area contributed by atoms with Gasteiger partial charge in [-0.05, 0) is 31.7 Å². The molecule has 0 aromatic carbocycles. The van der Waals surface area contributed by atoms with E-state index in [1.54, 1.807) is 29.2 Å². The van der Waals surface area contributed by atoms with Crippen LogP contribution in [0, 0.1) is 0 Å². The molecule has 27 heavy (non-hydrogen) atoms. The van der Waals surface area contributed by atoms with Gasteiger partial charge in [-0.3, -0.25) is 9.36 Å². The van der Waals surface area contributed by atoms with Gasteiger partial charge in [0.1, 0.15) is 11.9 Å². The Kier molecular flexibility index (Phi) is 4.34. The number of fused-ring (bicyclic) bond motifs is 1. The summed E-state index contributed by atoms with van der Waals surface area (Å²) in [5, 5.41) is 12.7. The molecule has 10 heteroatoms. The highest BCUT2D eigenvalue weighted by Gasteiger charge is 2.41. The molecule has 0 bridgehead atoms. The molecule has 3 heterocycles. The van der Waals surface area contributed by atoms with Gasteiger partial charge in [0.25, 0.3) is 12.3 Å². The third-order valence-corrected chi connectivity index (χ3v) is 4.94. The third-order valence-electron chi connectivity index (χ3n) is 4.94. The van der Waals surface area contributed by atoms with Gasteiger partial charge in [0.15, 0.2) is 5.69 Å². The molecule has 3 aromatic rings. The van der Waals surface area contributed by atoms with Crippen LogP contribution in [0.2, 0.25) is 0 Å². The van der Waals surface area contributed by atoms with Crippen molar-refractivity contribution in [3.63, 3.8) is 0 Å². The van der Waals surface area contributed by atoms with Crippen LogP contribution >= 0.6 is 0 Å². The zero-order valence-corrected chi connectivity index (χ0v) is 14.3. The fourth-order valence-electron chi connectivity index (χ4n) is 3.32. The van der Waals surface area contributed by atoms with Gasteiger partial charge in [0.05, 0.1) is 11.0 Å². The van der Waals surface area contributed by atoms with Gasteiger partial charge in [-0.2, -0.15) is 0 Å². The Hall–Kier alpha value is -2.88. The Bertz CT molecular complexity index is 948. The van der Waals surface area contributed by atoms with Crippen molar-refractivity contribution in [2.45, 2.75) is 43.8 Å². The highest BCUT2D eigenvalue weighted by atomic mass is 19.3. The Morgan fingerprint density at radius 1 is 1.37 bits per heavy atom. The van der Waals surface area contributed by atoms with Crippen LogP contribution in [0.15, 0.2) is 31.0 Å². The minimum Gasteiger partial charge on any atom is -0.384 e. The molecule has 3 N–H and O–H groups in total. The number of hydrogen-bond donors (Lipinski definition) is 3. The minimum absolute atomic E-state index is 0.0579. The van der Waals surface area contributed by atoms with Crippen LogP contribution in [0.5, 0.6) is 0 Å². The average Bonchev–Trinajstić information content (AvgIpc) is 3.34. The summed E-state index contributed by atoms with van der Waals surface area (Å²) in [6.45, 7) is 0. The lowest BCUT2D eigenvalue weighted by atomic mass is 9.82. The monoisotopic (exact) mass is 376 g/mol. The highest BCUT2D eigenvalue weighted by Crippen LogP contribution is 2.33. The number of imidazole rings is 1. The lowest BCUT2D eigenvalue weighted by molar-refractivity contribution is -0.119. The van der Waals surface area contributed by atoms with Crippen molar-refractivity contribution in [2.24, 2.45) is 0 Å². The van der Waals surface area contributed by atoms with Gasteiger partial charge in [-0.15, -0.1) is 0 Å². The summed E-state index contributed by atoms with van der Waals surface area (Å²) in [4.78, 5) is 28.4. The smallest absolute Gasteiger partial charge is 0.272 e. The number of aliphatic hydroxyl groups is 1. The zero-order valence-electron chi connectivity index (χ0n) is 14.3. The van der Waals surface area contributed by atoms with E-state index < -0.39 is 17.9 Å². The molecule has 1 saturated carbocycles. The standard InChI is InChI=1S/C17H18F2N6O2/c18-15(19)17(27)4-1-10(2-5-17)22-14(26)13-12-11(3-6-21-12)23-16(24-13)25-8-7-20-9-25/h3,6-10,15,21,27H,1-2,4-5H2,(H,22,26). The number of halogens is 2. The molecule has 0 aliphatic heterocycles. The first-order valence-electron chi connectivity index (χ1n) is 8.61. The number of carbonyl (C=O) groups is 1. The number of carbonyl (C=O) groups excluding carboxylic acids is 1. The molecule has 1 fully saturated rings. The molecule has 1 aliphatic carbocycles. The van der Waals surface area contributed by atoms with E-state index in [0.29, 0.717) is 17.0 Å². The van der Waals surface area contributed by atoms with Gasteiger partial charge < -0.3 is 15.4 Å². The molecular formula is C17H18F2N6O2. The molecule has 0 radical (unpaired) electrons. The minimum atomic E-state index is -2.78. The Labute approximate surface area is 152 Å². The van der Waals surface area contributed by atoms with E-state index in [2.05, 4.69) is 25.3 Å². The summed E-state index contributed by atoms with van der Waals surface area (Å²) in [5.41, 5.74) is -0.716. The zero-order chi connectivity index (χ0) is 19.0. The number of aromatic amines is 1. The van der Waals surface area contributed by atoms with Crippen molar-refractivity contribution in [1.82, 2.24) is 29.8 Å². The van der Waals surface area contributed by atoms with E-state index in [1.165, 1.54) is 6.33 Å². The topological polar surface area (TPSA) is 109 Å². The summed E-state index contributed by atoms with van der Waals surface area (Å²) >= 11 is 0. The molecule has 8 nitrogen and oxygen atoms in total. The van der Waals surface area contributed by atoms with Crippen molar-refractivity contribution in [1.29, 1.82) is 0 Å². The molecule has 4 rings (SSSR count). The first-order chi connectivity index (χ1) is 13.0. The number of hydrogen-bond acceptors (Lipinski definition) is 5. The Morgan fingerprint density at radius 3 is 2.81 bits per heavy atom. The second-order valence-corrected chi connectivity index (χ2v) is 6.73. The van der Waals surface area contributed by atoms with E-state index in [-0.39, 0.29) is 37.4 Å². The van der Waals surface area contributed by atoms with E-state index in [0.717, 1.165) is 0 Å².